The predicted octanol–water partition coefficient (Wildman–Crippen LogP) is 0.681. The minimum Gasteiger partial charge on any atom is -0.378 e. The maximum absolute atomic E-state index is 5.29. The van der Waals surface area contributed by atoms with E-state index in [4.69, 9.17) is 29.2 Å². The molecule has 1 aliphatic carbocycles. The lowest BCUT2D eigenvalue weighted by molar-refractivity contribution is 0.0675. The SMILES string of the molecule is S=C(NNC(=S)N1CCOCC1)NC1C=CCCC1. The van der Waals surface area contributed by atoms with Gasteiger partial charge in [-0.3, -0.25) is 10.9 Å². The zero-order valence-corrected chi connectivity index (χ0v) is 12.5. The summed E-state index contributed by atoms with van der Waals surface area (Å²) in [6, 6.07) is 0.326. The maximum atomic E-state index is 5.29. The second kappa shape index (κ2) is 7.62. The summed E-state index contributed by atoms with van der Waals surface area (Å²) in [4.78, 5) is 2.06. The Labute approximate surface area is 124 Å². The summed E-state index contributed by atoms with van der Waals surface area (Å²) in [5, 5.41) is 4.48. The molecular weight excluding hydrogens is 280 g/mol. The van der Waals surface area contributed by atoms with E-state index < -0.39 is 0 Å². The van der Waals surface area contributed by atoms with E-state index in [-0.39, 0.29) is 0 Å². The highest BCUT2D eigenvalue weighted by Crippen LogP contribution is 2.09. The molecule has 0 amide bonds. The summed E-state index contributed by atoms with van der Waals surface area (Å²) < 4.78 is 5.28. The highest BCUT2D eigenvalue weighted by molar-refractivity contribution is 7.80. The minimum absolute atomic E-state index is 0.326. The van der Waals surface area contributed by atoms with Crippen LogP contribution < -0.4 is 16.2 Å². The lowest BCUT2D eigenvalue weighted by Crippen LogP contribution is -2.54. The van der Waals surface area contributed by atoms with Crippen LogP contribution in [0.3, 0.4) is 0 Å². The quantitative estimate of drug-likeness (QED) is 0.374. The molecule has 2 rings (SSSR count). The van der Waals surface area contributed by atoms with E-state index >= 15 is 0 Å². The smallest absolute Gasteiger partial charge is 0.188 e. The van der Waals surface area contributed by atoms with Crippen LogP contribution in [-0.2, 0) is 4.74 Å². The molecule has 1 saturated heterocycles. The third-order valence-electron chi connectivity index (χ3n) is 3.15. The van der Waals surface area contributed by atoms with Gasteiger partial charge >= 0.3 is 0 Å². The molecule has 3 N–H and O–H groups in total. The van der Waals surface area contributed by atoms with Gasteiger partial charge in [0.1, 0.15) is 0 Å². The number of morpholine rings is 1. The number of thiocarbonyl (C=S) groups is 2. The molecular formula is C12H20N4OS2. The summed E-state index contributed by atoms with van der Waals surface area (Å²) >= 11 is 10.5. The van der Waals surface area contributed by atoms with Crippen LogP contribution in [0.1, 0.15) is 19.3 Å². The maximum Gasteiger partial charge on any atom is 0.188 e. The fourth-order valence-electron chi connectivity index (χ4n) is 2.09. The van der Waals surface area contributed by atoms with Crippen molar-refractivity contribution in [2.75, 3.05) is 26.3 Å². The van der Waals surface area contributed by atoms with Gasteiger partial charge in [-0.15, -0.1) is 0 Å². The van der Waals surface area contributed by atoms with Crippen LogP contribution in [0.4, 0.5) is 0 Å². The van der Waals surface area contributed by atoms with Gasteiger partial charge in [-0.25, -0.2) is 0 Å². The van der Waals surface area contributed by atoms with E-state index in [1.807, 2.05) is 0 Å². The summed E-state index contributed by atoms with van der Waals surface area (Å²) in [5.41, 5.74) is 5.91. The second-order valence-electron chi connectivity index (χ2n) is 4.59. The number of allylic oxidation sites excluding steroid dienone is 1. The molecule has 7 heteroatoms. The Morgan fingerprint density at radius 1 is 1.21 bits per heavy atom. The highest BCUT2D eigenvalue weighted by atomic mass is 32.1. The average Bonchev–Trinajstić information content (AvgIpc) is 2.47. The summed E-state index contributed by atoms with van der Waals surface area (Å²) in [7, 11) is 0. The van der Waals surface area contributed by atoms with E-state index in [0.29, 0.717) is 16.3 Å². The van der Waals surface area contributed by atoms with Crippen LogP contribution in [0.15, 0.2) is 12.2 Å². The van der Waals surface area contributed by atoms with Crippen molar-refractivity contribution in [1.29, 1.82) is 0 Å². The fraction of sp³-hybridized carbons (Fsp3) is 0.667. The van der Waals surface area contributed by atoms with Gasteiger partial charge in [0.25, 0.3) is 0 Å². The van der Waals surface area contributed by atoms with Gasteiger partial charge in [-0.1, -0.05) is 12.2 Å². The molecule has 1 unspecified atom stereocenters. The molecule has 1 fully saturated rings. The molecule has 0 radical (unpaired) electrons. The molecule has 0 spiro atoms. The third kappa shape index (κ3) is 4.93. The number of ether oxygens (including phenoxy) is 1. The zero-order chi connectivity index (χ0) is 13.5. The van der Waals surface area contributed by atoms with Crippen molar-refractivity contribution in [2.45, 2.75) is 25.3 Å². The van der Waals surface area contributed by atoms with Crippen LogP contribution in [0.25, 0.3) is 0 Å². The molecule has 5 nitrogen and oxygen atoms in total. The monoisotopic (exact) mass is 300 g/mol. The van der Waals surface area contributed by atoms with Crippen LogP contribution in [-0.4, -0.2) is 47.5 Å². The van der Waals surface area contributed by atoms with E-state index in [1.54, 1.807) is 0 Å². The summed E-state index contributed by atoms with van der Waals surface area (Å²) in [6.45, 7) is 3.08. The summed E-state index contributed by atoms with van der Waals surface area (Å²) in [5.74, 6) is 0. The lowest BCUT2D eigenvalue weighted by atomic mass is 10.0. The number of hydrazine groups is 1. The standard InChI is InChI=1S/C12H20N4OS2/c18-11(13-10-4-2-1-3-5-10)14-15-12(19)16-6-8-17-9-7-16/h2,4,10H,1,3,5-9H2,(H,15,19)(H2,13,14,18). The molecule has 0 bridgehead atoms. The Hall–Kier alpha value is -0.920. The Morgan fingerprint density at radius 3 is 2.68 bits per heavy atom. The minimum atomic E-state index is 0.326. The van der Waals surface area contributed by atoms with Gasteiger partial charge in [0, 0.05) is 19.1 Å². The van der Waals surface area contributed by atoms with Gasteiger partial charge in [0.2, 0.25) is 0 Å². The number of hydrogen-bond acceptors (Lipinski definition) is 3. The van der Waals surface area contributed by atoms with Gasteiger partial charge in [-0.2, -0.15) is 0 Å². The van der Waals surface area contributed by atoms with Crippen molar-refractivity contribution >= 4 is 34.7 Å². The molecule has 0 aromatic heterocycles. The van der Waals surface area contributed by atoms with Crippen LogP contribution in [0.2, 0.25) is 0 Å². The van der Waals surface area contributed by atoms with E-state index in [1.165, 1.54) is 6.42 Å². The average molecular weight is 300 g/mol. The second-order valence-corrected chi connectivity index (χ2v) is 5.39. The Morgan fingerprint density at radius 2 is 2.00 bits per heavy atom. The molecule has 0 aromatic rings. The first-order valence-electron chi connectivity index (χ1n) is 6.61. The first-order chi connectivity index (χ1) is 9.25. The van der Waals surface area contributed by atoms with Crippen molar-refractivity contribution in [3.63, 3.8) is 0 Å². The number of nitrogens with zero attached hydrogens (tertiary/aromatic N) is 1. The normalized spacial score (nSPS) is 22.7. The molecule has 1 aliphatic heterocycles. The van der Waals surface area contributed by atoms with Crippen molar-refractivity contribution in [3.8, 4) is 0 Å². The molecule has 1 heterocycles. The third-order valence-corrected chi connectivity index (χ3v) is 3.73. The van der Waals surface area contributed by atoms with Gasteiger partial charge < -0.3 is 15.0 Å². The first-order valence-corrected chi connectivity index (χ1v) is 7.43. The van der Waals surface area contributed by atoms with Crippen molar-refractivity contribution in [1.82, 2.24) is 21.1 Å². The van der Waals surface area contributed by atoms with Crippen LogP contribution in [0.5, 0.6) is 0 Å². The fourth-order valence-corrected chi connectivity index (χ4v) is 2.53. The highest BCUT2D eigenvalue weighted by Gasteiger charge is 2.14. The lowest BCUT2D eigenvalue weighted by Gasteiger charge is -2.30. The Kier molecular flexibility index (Phi) is 5.81. The Balaban J connectivity index is 1.66. The van der Waals surface area contributed by atoms with Gasteiger partial charge in [-0.05, 0) is 43.7 Å². The Bertz CT molecular complexity index is 356. The topological polar surface area (TPSA) is 48.6 Å². The van der Waals surface area contributed by atoms with Crippen LogP contribution in [0, 0.1) is 0 Å². The number of rotatable bonds is 1. The number of hydrogen-bond donors (Lipinski definition) is 3. The first kappa shape index (κ1) is 14.5. The largest absolute Gasteiger partial charge is 0.378 e. The molecule has 0 aromatic carbocycles. The van der Waals surface area contributed by atoms with Crippen LogP contribution >= 0.6 is 24.4 Å². The van der Waals surface area contributed by atoms with Gasteiger partial charge in [0.15, 0.2) is 10.2 Å². The zero-order valence-electron chi connectivity index (χ0n) is 10.9. The number of nitrogens with one attached hydrogen (secondary N) is 3. The predicted molar refractivity (Wildman–Crippen MR) is 83.8 cm³/mol. The van der Waals surface area contributed by atoms with Gasteiger partial charge in [0.05, 0.1) is 13.2 Å². The van der Waals surface area contributed by atoms with E-state index in [0.717, 1.165) is 39.1 Å². The molecule has 106 valence electrons. The van der Waals surface area contributed by atoms with Crippen molar-refractivity contribution in [3.05, 3.63) is 12.2 Å². The summed E-state index contributed by atoms with van der Waals surface area (Å²) in [6.07, 6.45) is 7.84. The molecule has 0 saturated carbocycles. The van der Waals surface area contributed by atoms with E-state index in [9.17, 15) is 0 Å². The molecule has 2 aliphatic rings. The van der Waals surface area contributed by atoms with Crippen molar-refractivity contribution < 1.29 is 4.74 Å². The molecule has 1 atom stereocenters. The van der Waals surface area contributed by atoms with E-state index in [2.05, 4.69) is 33.2 Å². The van der Waals surface area contributed by atoms with Crippen molar-refractivity contribution in [2.24, 2.45) is 0 Å². The molecule has 19 heavy (non-hydrogen) atoms.